The van der Waals surface area contributed by atoms with Crippen LogP contribution >= 0.6 is 0 Å². The Labute approximate surface area is 215 Å². The summed E-state index contributed by atoms with van der Waals surface area (Å²) in [5, 5.41) is 46.0. The van der Waals surface area contributed by atoms with Crippen LogP contribution < -0.4 is 4.90 Å². The monoisotopic (exact) mass is 511 g/mol. The number of carbonyl (C=O) groups excluding carboxylic acids is 3. The second-order valence-electron chi connectivity index (χ2n) is 11.3. The number of Topliss-reactive ketones (excluding diaryl/α,β-unsaturated/α-hetero) is 3. The lowest BCUT2D eigenvalue weighted by molar-refractivity contribution is -0.178. The number of fused-ring (bicyclic) bond motifs is 3. The van der Waals surface area contributed by atoms with Gasteiger partial charge in [0.25, 0.3) is 0 Å². The van der Waals surface area contributed by atoms with Gasteiger partial charge in [-0.1, -0.05) is 33.8 Å². The van der Waals surface area contributed by atoms with E-state index in [9.17, 15) is 34.8 Å². The van der Waals surface area contributed by atoms with E-state index in [-0.39, 0.29) is 23.3 Å². The summed E-state index contributed by atoms with van der Waals surface area (Å²) >= 11 is 0. The van der Waals surface area contributed by atoms with Gasteiger partial charge in [-0.15, -0.1) is 0 Å². The fourth-order valence-electron chi connectivity index (χ4n) is 7.30. The molecule has 9 nitrogen and oxygen atoms in total. The number of benzene rings is 1. The maximum absolute atomic E-state index is 14.2. The molecule has 9 heteroatoms. The number of ketones is 3. The fraction of sp³-hybridized carbons (Fsp3) is 0.536. The minimum Gasteiger partial charge on any atom is -0.508 e. The van der Waals surface area contributed by atoms with Gasteiger partial charge in [0.05, 0.1) is 24.5 Å². The molecule has 5 atom stereocenters. The van der Waals surface area contributed by atoms with Crippen LogP contribution in [-0.4, -0.2) is 69.7 Å². The van der Waals surface area contributed by atoms with Gasteiger partial charge in [-0.05, 0) is 30.4 Å². The summed E-state index contributed by atoms with van der Waals surface area (Å²) in [4.78, 5) is 41.4. The van der Waals surface area contributed by atoms with Crippen molar-refractivity contribution in [3.63, 3.8) is 0 Å². The van der Waals surface area contributed by atoms with E-state index >= 15 is 0 Å². The number of hydrogen-bond acceptors (Lipinski definition) is 9. The third-order valence-electron chi connectivity index (χ3n) is 9.89. The first-order chi connectivity index (χ1) is 17.2. The molecule has 1 saturated heterocycles. The SMILES string of the molecule is CC(=O)C1=C(O)C2(O)C(=O)C3=C(O)c4c(ccc(N5CCOCC5)c4O)C(C)C3(C)C(C)C2(C)CC1=O. The summed E-state index contributed by atoms with van der Waals surface area (Å²) in [6, 6.07) is 3.63. The van der Waals surface area contributed by atoms with E-state index in [0.29, 0.717) is 37.6 Å². The number of ether oxygens (including phenoxy) is 1. The first-order valence-electron chi connectivity index (χ1n) is 12.6. The Hall–Kier alpha value is -3.17. The molecule has 4 N–H and O–H groups in total. The molecule has 0 spiro atoms. The second kappa shape index (κ2) is 7.91. The summed E-state index contributed by atoms with van der Waals surface area (Å²) in [6.45, 7) is 10.2. The van der Waals surface area contributed by atoms with Crippen LogP contribution in [0.25, 0.3) is 5.76 Å². The normalized spacial score (nSPS) is 35.8. The Morgan fingerprint density at radius 3 is 2.30 bits per heavy atom. The van der Waals surface area contributed by atoms with Crippen LogP contribution in [0.4, 0.5) is 5.69 Å². The molecule has 0 radical (unpaired) electrons. The van der Waals surface area contributed by atoms with Crippen LogP contribution in [0.1, 0.15) is 58.1 Å². The largest absolute Gasteiger partial charge is 0.508 e. The third-order valence-corrected chi connectivity index (χ3v) is 9.89. The standard InChI is InChI=1S/C28H33NO8/c1-13-16-6-7-17(29-8-10-37-11-9-29)22(32)20(16)23(33)21-25(35)28(36)24(34)19(14(2)30)18(31)12-26(28,4)15(3)27(13,21)5/h6-7,13,15,32-34,36H,8-12H2,1-5H3. The number of allylic oxidation sites excluding steroid dienone is 1. The number of aromatic hydroxyl groups is 1. The molecule has 5 unspecified atom stereocenters. The Morgan fingerprint density at radius 1 is 1.08 bits per heavy atom. The Kier molecular flexibility index (Phi) is 5.45. The topological polar surface area (TPSA) is 145 Å². The average Bonchev–Trinajstić information content (AvgIpc) is 2.84. The summed E-state index contributed by atoms with van der Waals surface area (Å²) in [5.74, 6) is -4.98. The Morgan fingerprint density at radius 2 is 1.70 bits per heavy atom. The van der Waals surface area contributed by atoms with Crippen LogP contribution in [0.15, 0.2) is 29.0 Å². The van der Waals surface area contributed by atoms with Gasteiger partial charge in [-0.25, -0.2) is 0 Å². The molecule has 0 amide bonds. The van der Waals surface area contributed by atoms with Crippen molar-refractivity contribution in [3.8, 4) is 5.75 Å². The van der Waals surface area contributed by atoms with E-state index in [0.717, 1.165) is 6.92 Å². The van der Waals surface area contributed by atoms with Crippen molar-refractivity contribution in [2.75, 3.05) is 31.2 Å². The van der Waals surface area contributed by atoms with Gasteiger partial charge in [0, 0.05) is 35.9 Å². The van der Waals surface area contributed by atoms with Crippen LogP contribution in [-0.2, 0) is 19.1 Å². The second-order valence-corrected chi connectivity index (χ2v) is 11.3. The quantitative estimate of drug-likeness (QED) is 0.440. The number of aliphatic hydroxyl groups excluding tert-OH is 2. The number of morpholine rings is 1. The molecular weight excluding hydrogens is 478 g/mol. The van der Waals surface area contributed by atoms with Crippen LogP contribution in [0.5, 0.6) is 5.75 Å². The minimum atomic E-state index is -2.60. The first-order valence-corrected chi connectivity index (χ1v) is 12.6. The van der Waals surface area contributed by atoms with Gasteiger partial charge in [0.15, 0.2) is 17.2 Å². The van der Waals surface area contributed by atoms with Crippen LogP contribution in [0.3, 0.4) is 0 Å². The van der Waals surface area contributed by atoms with E-state index in [1.165, 1.54) is 0 Å². The van der Waals surface area contributed by atoms with Crippen molar-refractivity contribution in [2.45, 2.75) is 52.6 Å². The summed E-state index contributed by atoms with van der Waals surface area (Å²) in [7, 11) is 0. The molecule has 1 aromatic rings. The molecule has 0 bridgehead atoms. The Bertz CT molecular complexity index is 1320. The smallest absolute Gasteiger partial charge is 0.203 e. The van der Waals surface area contributed by atoms with E-state index in [1.54, 1.807) is 26.8 Å². The summed E-state index contributed by atoms with van der Waals surface area (Å²) < 4.78 is 5.41. The fourth-order valence-corrected chi connectivity index (χ4v) is 7.30. The zero-order valence-corrected chi connectivity index (χ0v) is 21.7. The molecule has 1 heterocycles. The maximum Gasteiger partial charge on any atom is 0.203 e. The lowest BCUT2D eigenvalue weighted by atomic mass is 9.41. The summed E-state index contributed by atoms with van der Waals surface area (Å²) in [6.07, 6.45) is -0.320. The summed E-state index contributed by atoms with van der Waals surface area (Å²) in [5.41, 5.74) is -4.59. The van der Waals surface area contributed by atoms with Gasteiger partial charge >= 0.3 is 0 Å². The zero-order valence-electron chi connectivity index (χ0n) is 21.7. The molecule has 1 aromatic carbocycles. The lowest BCUT2D eigenvalue weighted by Crippen LogP contribution is -2.69. The zero-order chi connectivity index (χ0) is 27.2. The number of hydrogen-bond donors (Lipinski definition) is 4. The van der Waals surface area contributed by atoms with Gasteiger partial charge in [0.2, 0.25) is 5.78 Å². The minimum absolute atomic E-state index is 0.110. The number of phenolic OH excluding ortho intramolecular Hbond substituents is 1. The van der Waals surface area contributed by atoms with E-state index in [2.05, 4.69) is 0 Å². The van der Waals surface area contributed by atoms with Crippen molar-refractivity contribution in [3.05, 3.63) is 40.2 Å². The van der Waals surface area contributed by atoms with E-state index in [1.807, 2.05) is 17.9 Å². The van der Waals surface area contributed by atoms with Crippen LogP contribution in [0.2, 0.25) is 0 Å². The number of nitrogens with zero attached hydrogens (tertiary/aromatic N) is 1. The van der Waals surface area contributed by atoms with E-state index in [4.69, 9.17) is 4.74 Å². The number of anilines is 1. The maximum atomic E-state index is 14.2. The highest BCUT2D eigenvalue weighted by Crippen LogP contribution is 2.68. The number of rotatable bonds is 2. The third kappa shape index (κ3) is 2.89. The van der Waals surface area contributed by atoms with Crippen molar-refractivity contribution in [1.29, 1.82) is 0 Å². The molecule has 1 aliphatic heterocycles. The van der Waals surface area contributed by atoms with Gasteiger partial charge in [-0.2, -0.15) is 0 Å². The highest BCUT2D eigenvalue weighted by molar-refractivity contribution is 6.23. The average molecular weight is 512 g/mol. The lowest BCUT2D eigenvalue weighted by Gasteiger charge is -2.62. The molecule has 1 saturated carbocycles. The molecule has 3 aliphatic carbocycles. The first kappa shape index (κ1) is 25.5. The highest BCUT2D eigenvalue weighted by Gasteiger charge is 2.72. The Balaban J connectivity index is 1.79. The number of carbonyl (C=O) groups is 3. The van der Waals surface area contributed by atoms with Gasteiger partial charge < -0.3 is 30.1 Å². The van der Waals surface area contributed by atoms with Crippen molar-refractivity contribution < 1.29 is 39.5 Å². The van der Waals surface area contributed by atoms with Crippen molar-refractivity contribution in [2.24, 2.45) is 16.7 Å². The molecule has 2 fully saturated rings. The van der Waals surface area contributed by atoms with E-state index < -0.39 is 62.7 Å². The van der Waals surface area contributed by atoms with Crippen molar-refractivity contribution >= 4 is 28.8 Å². The predicted molar refractivity (Wildman–Crippen MR) is 134 cm³/mol. The highest BCUT2D eigenvalue weighted by atomic mass is 16.5. The molecule has 198 valence electrons. The van der Waals surface area contributed by atoms with Gasteiger partial charge in [-0.3, -0.25) is 14.4 Å². The molecule has 0 aromatic heterocycles. The predicted octanol–water partition coefficient (Wildman–Crippen LogP) is 2.95. The van der Waals surface area contributed by atoms with Gasteiger partial charge in [0.1, 0.15) is 22.8 Å². The number of aliphatic hydroxyl groups is 3. The molecule has 5 rings (SSSR count). The molecule has 4 aliphatic rings. The van der Waals surface area contributed by atoms with Crippen LogP contribution in [0, 0.1) is 16.7 Å². The molecule has 37 heavy (non-hydrogen) atoms. The number of phenols is 1. The van der Waals surface area contributed by atoms with Crippen molar-refractivity contribution in [1.82, 2.24) is 0 Å². The molecular formula is C28H33NO8.